The molecule has 2 amide bonds. The number of allylic oxidation sites excluding steroid dienone is 1. The summed E-state index contributed by atoms with van der Waals surface area (Å²) < 4.78 is 6.41. The zero-order chi connectivity index (χ0) is 21.2. The first kappa shape index (κ1) is 22.4. The smallest absolute Gasteiger partial charge is 0.412 e. The van der Waals surface area contributed by atoms with Crippen LogP contribution in [0.25, 0.3) is 0 Å². The van der Waals surface area contributed by atoms with E-state index in [-0.39, 0.29) is 11.7 Å². The van der Waals surface area contributed by atoms with Gasteiger partial charge in [0.1, 0.15) is 11.9 Å². The van der Waals surface area contributed by atoms with Crippen LogP contribution in [0.5, 0.6) is 5.75 Å². The minimum atomic E-state index is -0.712. The molecule has 2 aromatic carbocycles. The first-order valence-corrected chi connectivity index (χ1v) is 9.81. The van der Waals surface area contributed by atoms with Gasteiger partial charge in [-0.3, -0.25) is 15.3 Å². The van der Waals surface area contributed by atoms with Crippen molar-refractivity contribution in [1.82, 2.24) is 5.48 Å². The van der Waals surface area contributed by atoms with Gasteiger partial charge < -0.3 is 9.84 Å². The summed E-state index contributed by atoms with van der Waals surface area (Å²) in [5.74, 6) is -0.761. The van der Waals surface area contributed by atoms with Crippen molar-refractivity contribution in [3.05, 3.63) is 70.7 Å². The molecular weight excluding hydrogens is 440 g/mol. The molecule has 154 valence electrons. The summed E-state index contributed by atoms with van der Waals surface area (Å²) in [7, 11) is 0. The number of carbonyl (C=O) groups excluding carboxylic acids is 2. The Hall–Kier alpha value is -2.84. The fourth-order valence-electron chi connectivity index (χ4n) is 2.76. The molecule has 0 aromatic heterocycles. The van der Waals surface area contributed by atoms with E-state index in [2.05, 4.69) is 21.2 Å². The van der Waals surface area contributed by atoms with E-state index in [0.29, 0.717) is 24.1 Å². The van der Waals surface area contributed by atoms with Gasteiger partial charge in [0.05, 0.1) is 0 Å². The van der Waals surface area contributed by atoms with Crippen LogP contribution in [-0.4, -0.2) is 22.3 Å². The highest BCUT2D eigenvalue weighted by Crippen LogP contribution is 2.36. The second-order valence-corrected chi connectivity index (χ2v) is 7.37. The monoisotopic (exact) mass is 462 g/mol. The molecule has 4 N–H and O–H groups in total. The molecule has 0 radical (unpaired) electrons. The lowest BCUT2D eigenvalue weighted by molar-refractivity contribution is -0.124. The van der Waals surface area contributed by atoms with E-state index in [1.807, 2.05) is 13.0 Å². The number of para-hydroxylation sites is 1. The Balaban J connectivity index is 2.14. The Kier molecular flexibility index (Phi) is 8.69. The number of halogens is 1. The van der Waals surface area contributed by atoms with E-state index in [1.165, 1.54) is 17.6 Å². The number of amides is 2. The van der Waals surface area contributed by atoms with Crippen LogP contribution in [-0.2, 0) is 9.53 Å². The number of hydroxylamine groups is 1. The minimum absolute atomic E-state index is 0.0211. The van der Waals surface area contributed by atoms with Gasteiger partial charge in [0.15, 0.2) is 0 Å². The molecule has 0 bridgehead atoms. The molecule has 7 nitrogen and oxygen atoms in total. The van der Waals surface area contributed by atoms with Crippen molar-refractivity contribution in [3.8, 4) is 5.75 Å². The molecule has 29 heavy (non-hydrogen) atoms. The molecule has 0 fully saturated rings. The molecular formula is C21H23BrN2O5. The number of carbonyl (C=O) groups is 2. The van der Waals surface area contributed by atoms with Crippen molar-refractivity contribution >= 4 is 33.6 Å². The molecule has 0 saturated heterocycles. The average molecular weight is 463 g/mol. The Morgan fingerprint density at radius 3 is 2.62 bits per heavy atom. The summed E-state index contributed by atoms with van der Waals surface area (Å²) in [6.07, 6.45) is 2.58. The molecule has 8 heteroatoms. The van der Waals surface area contributed by atoms with Crippen LogP contribution in [0.2, 0.25) is 0 Å². The van der Waals surface area contributed by atoms with Gasteiger partial charge in [0.2, 0.25) is 0 Å². The highest BCUT2D eigenvalue weighted by atomic mass is 79.9. The number of anilines is 1. The normalized spacial score (nSPS) is 12.9. The van der Waals surface area contributed by atoms with Gasteiger partial charge in [-0.25, -0.2) is 10.3 Å². The zero-order valence-electron chi connectivity index (χ0n) is 15.8. The van der Waals surface area contributed by atoms with Crippen LogP contribution in [0.1, 0.15) is 31.4 Å². The van der Waals surface area contributed by atoms with Crippen LogP contribution in [0, 0.1) is 5.92 Å². The van der Waals surface area contributed by atoms with Crippen molar-refractivity contribution in [1.29, 1.82) is 0 Å². The van der Waals surface area contributed by atoms with Gasteiger partial charge in [0.25, 0.3) is 5.91 Å². The van der Waals surface area contributed by atoms with E-state index in [0.717, 1.165) is 4.47 Å². The number of benzene rings is 2. The van der Waals surface area contributed by atoms with Crippen LogP contribution < -0.4 is 10.8 Å². The van der Waals surface area contributed by atoms with Crippen LogP contribution in [0.15, 0.2) is 65.2 Å². The van der Waals surface area contributed by atoms with Gasteiger partial charge in [-0.2, -0.15) is 0 Å². The van der Waals surface area contributed by atoms with E-state index >= 15 is 0 Å². The first-order chi connectivity index (χ1) is 13.9. The zero-order valence-corrected chi connectivity index (χ0v) is 17.4. The number of rotatable bonds is 8. The molecule has 0 heterocycles. The third-order valence-electron chi connectivity index (χ3n) is 4.24. The van der Waals surface area contributed by atoms with Crippen molar-refractivity contribution in [3.63, 3.8) is 0 Å². The van der Waals surface area contributed by atoms with E-state index < -0.39 is 18.1 Å². The molecule has 2 atom stereocenters. The molecule has 0 aliphatic heterocycles. The molecule has 0 unspecified atom stereocenters. The summed E-state index contributed by atoms with van der Waals surface area (Å²) in [6.45, 7) is 1.89. The molecule has 2 rings (SSSR count). The summed E-state index contributed by atoms with van der Waals surface area (Å²) in [4.78, 5) is 23.5. The maximum Gasteiger partial charge on any atom is 0.412 e. The number of hydrogen-bond acceptors (Lipinski definition) is 5. The van der Waals surface area contributed by atoms with Crippen LogP contribution >= 0.6 is 15.9 Å². The number of ether oxygens (including phenoxy) is 1. The molecule has 0 aliphatic carbocycles. The molecule has 0 saturated carbocycles. The number of aromatic hydroxyl groups is 1. The van der Waals surface area contributed by atoms with Crippen LogP contribution in [0.4, 0.5) is 10.5 Å². The third kappa shape index (κ3) is 7.24. The van der Waals surface area contributed by atoms with Crippen molar-refractivity contribution in [2.75, 3.05) is 5.32 Å². The lowest BCUT2D eigenvalue weighted by Gasteiger charge is -2.25. The van der Waals surface area contributed by atoms with Crippen molar-refractivity contribution < 1.29 is 24.6 Å². The fraction of sp³-hybridized carbons (Fsp3) is 0.238. The minimum Gasteiger partial charge on any atom is -0.508 e. The van der Waals surface area contributed by atoms with Crippen molar-refractivity contribution in [2.45, 2.75) is 25.9 Å². The van der Waals surface area contributed by atoms with E-state index in [9.17, 15) is 14.7 Å². The summed E-state index contributed by atoms with van der Waals surface area (Å²) in [5.41, 5.74) is 2.60. The van der Waals surface area contributed by atoms with Crippen LogP contribution in [0.3, 0.4) is 0 Å². The Morgan fingerprint density at radius 2 is 1.93 bits per heavy atom. The first-order valence-electron chi connectivity index (χ1n) is 9.02. The Morgan fingerprint density at radius 1 is 1.21 bits per heavy atom. The molecule has 0 aliphatic rings. The van der Waals surface area contributed by atoms with Gasteiger partial charge in [-0.15, -0.1) is 0 Å². The van der Waals surface area contributed by atoms with Gasteiger partial charge >= 0.3 is 6.09 Å². The predicted octanol–water partition coefficient (Wildman–Crippen LogP) is 4.92. The topological polar surface area (TPSA) is 108 Å². The second-order valence-electron chi connectivity index (χ2n) is 6.45. The Bertz CT molecular complexity index is 857. The third-order valence-corrected chi connectivity index (χ3v) is 4.73. The van der Waals surface area contributed by atoms with E-state index in [1.54, 1.807) is 42.5 Å². The molecule has 2 aromatic rings. The lowest BCUT2D eigenvalue weighted by atomic mass is 9.92. The second kappa shape index (κ2) is 11.2. The SMILES string of the molecule is C[C@H](CC/C=C/C(=O)NO)[C@H](OC(=O)Nc1ccccc1)c1cc(Br)ccc1O. The number of phenols is 1. The number of hydrogen-bond donors (Lipinski definition) is 4. The predicted molar refractivity (Wildman–Crippen MR) is 113 cm³/mol. The van der Waals surface area contributed by atoms with Crippen molar-refractivity contribution in [2.24, 2.45) is 5.92 Å². The lowest BCUT2D eigenvalue weighted by Crippen LogP contribution is -2.22. The molecule has 0 spiro atoms. The maximum atomic E-state index is 12.4. The highest BCUT2D eigenvalue weighted by Gasteiger charge is 2.26. The highest BCUT2D eigenvalue weighted by molar-refractivity contribution is 9.10. The number of phenolic OH excluding ortho intramolecular Hbond substituents is 1. The standard InChI is InChI=1S/C21H23BrN2O5/c1-14(7-5-6-10-19(26)24-28)20(17-13-15(22)11-12-18(17)25)29-21(27)23-16-8-3-2-4-9-16/h2-4,6,8-14,20,25,28H,5,7H2,1H3,(H,23,27)(H,24,26)/b10-6+/t14-,20+/m1/s1. The van der Waals surface area contributed by atoms with Gasteiger partial charge in [-0.05, 0) is 49.1 Å². The quantitative estimate of drug-likeness (QED) is 0.253. The summed E-state index contributed by atoms with van der Waals surface area (Å²) in [6, 6.07) is 13.9. The summed E-state index contributed by atoms with van der Waals surface area (Å²) in [5, 5.41) is 21.5. The maximum absolute atomic E-state index is 12.4. The van der Waals surface area contributed by atoms with Gasteiger partial charge in [-0.1, -0.05) is 47.1 Å². The average Bonchev–Trinajstić information content (AvgIpc) is 2.71. The van der Waals surface area contributed by atoms with Gasteiger partial charge in [0, 0.05) is 21.8 Å². The fourth-order valence-corrected chi connectivity index (χ4v) is 3.14. The largest absolute Gasteiger partial charge is 0.508 e. The van der Waals surface area contributed by atoms with E-state index in [4.69, 9.17) is 9.94 Å². The summed E-state index contributed by atoms with van der Waals surface area (Å²) >= 11 is 3.37. The number of nitrogens with one attached hydrogen (secondary N) is 2. The Labute approximate surface area is 177 Å².